The number of carboxylic acids is 1. The van der Waals surface area contributed by atoms with Crippen molar-refractivity contribution in [2.24, 2.45) is 5.73 Å². The molecule has 6 N–H and O–H groups in total. The number of esters is 1. The average molecular weight is 618 g/mol. The minimum absolute atomic E-state index is 0.100. The van der Waals surface area contributed by atoms with Crippen molar-refractivity contribution in [3.8, 4) is 11.1 Å². The van der Waals surface area contributed by atoms with E-state index in [2.05, 4.69) is 10.6 Å². The van der Waals surface area contributed by atoms with E-state index in [1.807, 2.05) is 48.5 Å². The SMILES string of the molecule is N[C@@](CCC(=O)NCCNc1cccc2c(S(=O)(=O)O)cccc12)(C(=O)O)C(=O)OCC1c2ccccc2-c2ccccc21. The Hall–Kier alpha value is -4.78. The normalized spacial score (nSPS) is 13.9. The van der Waals surface area contributed by atoms with E-state index >= 15 is 0 Å². The molecular weight excluding hydrogens is 586 g/mol. The van der Waals surface area contributed by atoms with E-state index in [1.54, 1.807) is 24.3 Å². The standard InChI is InChI=1S/C32H31N3O8S/c33-32(30(37)38,31(39)43-19-26-22-9-3-1-7-20(22)21-8-2-4-10-23(21)26)16-15-29(36)35-18-17-34-27-13-5-12-25-24(27)11-6-14-28(25)44(40,41)42/h1-14,26,34H,15-19,33H2,(H,35,36)(H,37,38)(H,40,41,42)/t32-/m0/s1. The van der Waals surface area contributed by atoms with Gasteiger partial charge in [0.25, 0.3) is 10.1 Å². The predicted octanol–water partition coefficient (Wildman–Crippen LogP) is 3.53. The largest absolute Gasteiger partial charge is 0.479 e. The number of benzene rings is 4. The van der Waals surface area contributed by atoms with E-state index in [9.17, 15) is 32.5 Å². The zero-order valence-electron chi connectivity index (χ0n) is 23.5. The van der Waals surface area contributed by atoms with Gasteiger partial charge in [0.1, 0.15) is 11.5 Å². The summed E-state index contributed by atoms with van der Waals surface area (Å²) >= 11 is 0. The molecule has 1 aliphatic rings. The number of nitrogens with one attached hydrogen (secondary N) is 2. The van der Waals surface area contributed by atoms with E-state index in [-0.39, 0.29) is 36.9 Å². The van der Waals surface area contributed by atoms with Crippen LogP contribution in [0.5, 0.6) is 0 Å². The number of fused-ring (bicyclic) bond motifs is 4. The lowest BCUT2D eigenvalue weighted by atomic mass is 9.94. The summed E-state index contributed by atoms with van der Waals surface area (Å²) in [5.74, 6) is -3.51. The van der Waals surface area contributed by atoms with E-state index in [4.69, 9.17) is 10.5 Å². The first-order valence-corrected chi connectivity index (χ1v) is 15.3. The Kier molecular flexibility index (Phi) is 8.68. The molecule has 0 aromatic heterocycles. The second-order valence-electron chi connectivity index (χ2n) is 10.5. The summed E-state index contributed by atoms with van der Waals surface area (Å²) in [6.07, 6.45) is -0.807. The number of hydrogen-bond acceptors (Lipinski definition) is 8. The van der Waals surface area contributed by atoms with Gasteiger partial charge < -0.3 is 26.2 Å². The topological polar surface area (TPSA) is 185 Å². The molecule has 44 heavy (non-hydrogen) atoms. The van der Waals surface area contributed by atoms with Crippen LogP contribution in [0.25, 0.3) is 21.9 Å². The Morgan fingerprint density at radius 1 is 0.841 bits per heavy atom. The molecule has 12 heteroatoms. The second kappa shape index (κ2) is 12.4. The number of amides is 1. The number of carbonyl (C=O) groups is 3. The average Bonchev–Trinajstić information content (AvgIpc) is 3.33. The predicted molar refractivity (Wildman–Crippen MR) is 164 cm³/mol. The summed E-state index contributed by atoms with van der Waals surface area (Å²) in [7, 11) is -4.42. The number of aliphatic carboxylic acids is 1. The fraction of sp³-hybridized carbons (Fsp3) is 0.219. The van der Waals surface area contributed by atoms with Crippen molar-refractivity contribution >= 4 is 44.4 Å². The Morgan fingerprint density at radius 3 is 2.09 bits per heavy atom. The molecule has 0 spiro atoms. The molecule has 0 unspecified atom stereocenters. The van der Waals surface area contributed by atoms with Crippen LogP contribution in [0.3, 0.4) is 0 Å². The van der Waals surface area contributed by atoms with E-state index in [0.29, 0.717) is 16.5 Å². The Balaban J connectivity index is 1.15. The van der Waals surface area contributed by atoms with Gasteiger partial charge in [-0.25, -0.2) is 9.59 Å². The quantitative estimate of drug-likeness (QED) is 0.0682. The van der Waals surface area contributed by atoms with Crippen molar-refractivity contribution in [2.75, 3.05) is 25.0 Å². The van der Waals surface area contributed by atoms with Crippen molar-refractivity contribution in [1.29, 1.82) is 0 Å². The molecule has 0 aliphatic heterocycles. The highest BCUT2D eigenvalue weighted by Gasteiger charge is 2.45. The van der Waals surface area contributed by atoms with Gasteiger partial charge in [-0.2, -0.15) is 8.42 Å². The van der Waals surface area contributed by atoms with Crippen LogP contribution in [0.15, 0.2) is 89.8 Å². The van der Waals surface area contributed by atoms with Crippen LogP contribution in [-0.4, -0.2) is 61.2 Å². The third kappa shape index (κ3) is 6.13. The fourth-order valence-electron chi connectivity index (χ4n) is 5.48. The molecule has 5 rings (SSSR count). The number of carbonyl (C=O) groups excluding carboxylic acids is 2. The molecule has 4 aromatic carbocycles. The molecule has 228 valence electrons. The summed E-state index contributed by atoms with van der Waals surface area (Å²) < 4.78 is 38.4. The molecule has 0 heterocycles. The highest BCUT2D eigenvalue weighted by atomic mass is 32.2. The Morgan fingerprint density at radius 2 is 1.45 bits per heavy atom. The summed E-state index contributed by atoms with van der Waals surface area (Å²) in [6, 6.07) is 24.9. The van der Waals surface area contributed by atoms with Crippen LogP contribution in [-0.2, 0) is 29.2 Å². The van der Waals surface area contributed by atoms with Gasteiger partial charge in [-0.05, 0) is 40.8 Å². The number of rotatable bonds is 12. The Labute approximate surface area is 253 Å². The van der Waals surface area contributed by atoms with Gasteiger partial charge in [0.2, 0.25) is 11.4 Å². The Bertz CT molecular complexity index is 1810. The van der Waals surface area contributed by atoms with Crippen LogP contribution in [0.2, 0.25) is 0 Å². The number of ether oxygens (including phenoxy) is 1. The van der Waals surface area contributed by atoms with Gasteiger partial charge >= 0.3 is 11.9 Å². The lowest BCUT2D eigenvalue weighted by molar-refractivity contribution is -0.161. The monoisotopic (exact) mass is 617 g/mol. The highest BCUT2D eigenvalue weighted by molar-refractivity contribution is 7.86. The minimum atomic E-state index is -4.42. The molecule has 0 bridgehead atoms. The second-order valence-corrected chi connectivity index (χ2v) is 11.9. The van der Waals surface area contributed by atoms with Crippen LogP contribution >= 0.6 is 0 Å². The van der Waals surface area contributed by atoms with Crippen molar-refractivity contribution in [3.63, 3.8) is 0 Å². The molecule has 0 saturated heterocycles. The fourth-order valence-corrected chi connectivity index (χ4v) is 6.19. The summed E-state index contributed by atoms with van der Waals surface area (Å²) in [5, 5.41) is 16.5. The van der Waals surface area contributed by atoms with Gasteiger partial charge in [-0.1, -0.05) is 72.8 Å². The maximum Gasteiger partial charge on any atom is 0.337 e. The molecule has 0 saturated carbocycles. The third-order valence-electron chi connectivity index (χ3n) is 7.76. The molecule has 0 fully saturated rings. The highest BCUT2D eigenvalue weighted by Crippen LogP contribution is 2.44. The van der Waals surface area contributed by atoms with Crippen LogP contribution in [0.4, 0.5) is 5.69 Å². The van der Waals surface area contributed by atoms with Crippen LogP contribution < -0.4 is 16.4 Å². The molecule has 0 radical (unpaired) electrons. The van der Waals surface area contributed by atoms with Gasteiger partial charge in [-0.15, -0.1) is 0 Å². The van der Waals surface area contributed by atoms with Crippen molar-refractivity contribution < 1.29 is 37.2 Å². The van der Waals surface area contributed by atoms with Crippen molar-refractivity contribution in [3.05, 3.63) is 96.1 Å². The summed E-state index contributed by atoms with van der Waals surface area (Å²) in [5.41, 5.74) is 8.16. The van der Waals surface area contributed by atoms with Crippen molar-refractivity contribution in [1.82, 2.24) is 5.32 Å². The smallest absolute Gasteiger partial charge is 0.337 e. The van der Waals surface area contributed by atoms with Crippen molar-refractivity contribution in [2.45, 2.75) is 29.2 Å². The molecule has 1 atom stereocenters. The number of anilines is 1. The maximum atomic E-state index is 13.0. The molecule has 1 amide bonds. The maximum absolute atomic E-state index is 13.0. The first-order chi connectivity index (χ1) is 21.0. The molecule has 1 aliphatic carbocycles. The van der Waals surface area contributed by atoms with Gasteiger partial charge in [0.15, 0.2) is 0 Å². The van der Waals surface area contributed by atoms with E-state index in [1.165, 1.54) is 12.1 Å². The summed E-state index contributed by atoms with van der Waals surface area (Å²) in [6.45, 7) is 0.291. The van der Waals surface area contributed by atoms with Crippen LogP contribution in [0, 0.1) is 0 Å². The minimum Gasteiger partial charge on any atom is -0.479 e. The third-order valence-corrected chi connectivity index (χ3v) is 8.67. The molecule has 11 nitrogen and oxygen atoms in total. The van der Waals surface area contributed by atoms with Gasteiger partial charge in [0.05, 0.1) is 0 Å². The lowest BCUT2D eigenvalue weighted by Gasteiger charge is -2.24. The summed E-state index contributed by atoms with van der Waals surface area (Å²) in [4.78, 5) is 37.4. The van der Waals surface area contributed by atoms with Crippen LogP contribution in [0.1, 0.15) is 29.9 Å². The van der Waals surface area contributed by atoms with Gasteiger partial charge in [-0.3, -0.25) is 9.35 Å². The molecule has 4 aromatic rings. The first kappa shape index (κ1) is 30.7. The number of hydrogen-bond donors (Lipinski definition) is 5. The zero-order valence-corrected chi connectivity index (χ0v) is 24.3. The first-order valence-electron chi connectivity index (χ1n) is 13.9. The van der Waals surface area contributed by atoms with E-state index in [0.717, 1.165) is 22.3 Å². The number of nitrogens with two attached hydrogens (primary N) is 1. The van der Waals surface area contributed by atoms with Gasteiger partial charge in [0, 0.05) is 41.9 Å². The zero-order chi connectivity index (χ0) is 31.5. The molecular formula is C32H31N3O8S. The van der Waals surface area contributed by atoms with E-state index < -0.39 is 39.9 Å². The number of carboxylic acid groups (broad SMARTS) is 1. The lowest BCUT2D eigenvalue weighted by Crippen LogP contribution is -2.56.